The lowest BCUT2D eigenvalue weighted by molar-refractivity contribution is 0.606. The summed E-state index contributed by atoms with van der Waals surface area (Å²) in [6, 6.07) is 0. The second kappa shape index (κ2) is 4.81. The highest BCUT2D eigenvalue weighted by atomic mass is 15.0. The molecule has 0 aromatic rings. The van der Waals surface area contributed by atoms with E-state index in [1.54, 1.807) is 6.08 Å². The zero-order valence-electron chi connectivity index (χ0n) is 5.35. The van der Waals surface area contributed by atoms with Gasteiger partial charge >= 0.3 is 0 Å². The number of hydrogen-bond acceptors (Lipinski definition) is 2. The van der Waals surface area contributed by atoms with Gasteiger partial charge in [-0.1, -0.05) is 13.0 Å². The lowest BCUT2D eigenvalue weighted by Crippen LogP contribution is -2.35. The van der Waals surface area contributed by atoms with Gasteiger partial charge in [-0.15, -0.1) is 6.58 Å². The number of nitrogens with one attached hydrogen (secondary N) is 1. The Morgan fingerprint density at radius 1 is 1.88 bits per heavy atom. The van der Waals surface area contributed by atoms with E-state index in [4.69, 9.17) is 5.73 Å². The van der Waals surface area contributed by atoms with Crippen LogP contribution in [0.1, 0.15) is 13.3 Å². The Morgan fingerprint density at radius 3 is 2.88 bits per heavy atom. The molecule has 0 aliphatic rings. The van der Waals surface area contributed by atoms with Crippen molar-refractivity contribution in [3.8, 4) is 0 Å². The number of nitrogens with two attached hydrogens (primary N) is 1. The smallest absolute Gasteiger partial charge is 0.0736 e. The number of rotatable bonds is 4. The molecule has 1 unspecified atom stereocenters. The summed E-state index contributed by atoms with van der Waals surface area (Å²) in [5, 5.41) is 3.04. The standard InChI is InChI=1S/C6H14N2/c1-3-5-8-6(7)4-2/h4,6,8H,2-3,5,7H2,1H3. The predicted octanol–water partition coefficient (Wildman–Crippen LogP) is 0.457. The third-order valence-corrected chi connectivity index (χ3v) is 0.884. The first-order valence-electron chi connectivity index (χ1n) is 2.92. The van der Waals surface area contributed by atoms with Gasteiger partial charge in [0.05, 0.1) is 6.17 Å². The SMILES string of the molecule is C=CC(N)NCCC. The van der Waals surface area contributed by atoms with Crippen LogP contribution in [0.2, 0.25) is 0 Å². The molecule has 0 saturated carbocycles. The predicted molar refractivity (Wildman–Crippen MR) is 36.5 cm³/mol. The van der Waals surface area contributed by atoms with E-state index in [1.807, 2.05) is 0 Å². The summed E-state index contributed by atoms with van der Waals surface area (Å²) in [6.45, 7) is 6.59. The van der Waals surface area contributed by atoms with Gasteiger partial charge in [0.1, 0.15) is 0 Å². The monoisotopic (exact) mass is 114 g/mol. The third-order valence-electron chi connectivity index (χ3n) is 0.884. The summed E-state index contributed by atoms with van der Waals surface area (Å²) >= 11 is 0. The quantitative estimate of drug-likeness (QED) is 0.411. The van der Waals surface area contributed by atoms with Gasteiger partial charge < -0.3 is 5.73 Å². The molecule has 3 N–H and O–H groups in total. The molecule has 0 amide bonds. The molecule has 8 heavy (non-hydrogen) atoms. The van der Waals surface area contributed by atoms with Gasteiger partial charge in [-0.25, -0.2) is 0 Å². The van der Waals surface area contributed by atoms with E-state index in [1.165, 1.54) is 0 Å². The van der Waals surface area contributed by atoms with Crippen molar-refractivity contribution in [3.63, 3.8) is 0 Å². The van der Waals surface area contributed by atoms with Crippen LogP contribution in [0.5, 0.6) is 0 Å². The van der Waals surface area contributed by atoms with Gasteiger partial charge in [0, 0.05) is 0 Å². The van der Waals surface area contributed by atoms with Crippen LogP contribution in [-0.4, -0.2) is 12.7 Å². The first-order valence-corrected chi connectivity index (χ1v) is 2.92. The highest BCUT2D eigenvalue weighted by Crippen LogP contribution is 1.73. The summed E-state index contributed by atoms with van der Waals surface area (Å²) in [4.78, 5) is 0. The van der Waals surface area contributed by atoms with E-state index in [2.05, 4.69) is 18.8 Å². The van der Waals surface area contributed by atoms with Crippen molar-refractivity contribution in [2.75, 3.05) is 6.54 Å². The van der Waals surface area contributed by atoms with Crippen LogP contribution in [0, 0.1) is 0 Å². The molecule has 0 saturated heterocycles. The van der Waals surface area contributed by atoms with Gasteiger partial charge in [-0.05, 0) is 13.0 Å². The Bertz CT molecular complexity index is 61.5. The van der Waals surface area contributed by atoms with Crippen molar-refractivity contribution in [1.82, 2.24) is 5.32 Å². The maximum atomic E-state index is 5.43. The topological polar surface area (TPSA) is 38.0 Å². The Labute approximate surface area is 50.8 Å². The molecular formula is C6H14N2. The Balaban J connectivity index is 2.98. The molecule has 0 rings (SSSR count). The average Bonchev–Trinajstić information content (AvgIpc) is 1.83. The van der Waals surface area contributed by atoms with Crippen LogP contribution in [0.4, 0.5) is 0 Å². The molecule has 0 fully saturated rings. The molecule has 0 aromatic carbocycles. The lowest BCUT2D eigenvalue weighted by Gasteiger charge is -2.05. The molecular weight excluding hydrogens is 100 g/mol. The summed E-state index contributed by atoms with van der Waals surface area (Å²) in [7, 11) is 0. The molecule has 0 aliphatic carbocycles. The zero-order valence-corrected chi connectivity index (χ0v) is 5.35. The van der Waals surface area contributed by atoms with Crippen molar-refractivity contribution >= 4 is 0 Å². The fourth-order valence-corrected chi connectivity index (χ4v) is 0.394. The van der Waals surface area contributed by atoms with Crippen LogP contribution in [0.15, 0.2) is 12.7 Å². The van der Waals surface area contributed by atoms with Crippen LogP contribution < -0.4 is 11.1 Å². The minimum absolute atomic E-state index is 0.0325. The Kier molecular flexibility index (Phi) is 4.61. The fraction of sp³-hybridized carbons (Fsp3) is 0.667. The van der Waals surface area contributed by atoms with Gasteiger partial charge in [0.15, 0.2) is 0 Å². The van der Waals surface area contributed by atoms with Crippen molar-refractivity contribution < 1.29 is 0 Å². The Hall–Kier alpha value is -0.340. The van der Waals surface area contributed by atoms with Crippen molar-refractivity contribution in [2.24, 2.45) is 5.73 Å². The highest BCUT2D eigenvalue weighted by Gasteiger charge is 1.88. The van der Waals surface area contributed by atoms with Crippen LogP contribution in [0.3, 0.4) is 0 Å². The third kappa shape index (κ3) is 3.84. The average molecular weight is 114 g/mol. The molecule has 0 heterocycles. The van der Waals surface area contributed by atoms with Gasteiger partial charge in [-0.2, -0.15) is 0 Å². The molecule has 0 radical (unpaired) electrons. The summed E-state index contributed by atoms with van der Waals surface area (Å²) in [5.74, 6) is 0. The lowest BCUT2D eigenvalue weighted by atomic mass is 10.4. The van der Waals surface area contributed by atoms with E-state index in [9.17, 15) is 0 Å². The van der Waals surface area contributed by atoms with Crippen LogP contribution in [0.25, 0.3) is 0 Å². The van der Waals surface area contributed by atoms with Crippen LogP contribution >= 0.6 is 0 Å². The maximum absolute atomic E-state index is 5.43. The van der Waals surface area contributed by atoms with E-state index >= 15 is 0 Å². The molecule has 1 atom stereocenters. The highest BCUT2D eigenvalue weighted by molar-refractivity contribution is 4.79. The maximum Gasteiger partial charge on any atom is 0.0736 e. The van der Waals surface area contributed by atoms with E-state index in [-0.39, 0.29) is 6.17 Å². The number of hydrogen-bond donors (Lipinski definition) is 2. The van der Waals surface area contributed by atoms with Crippen molar-refractivity contribution in [2.45, 2.75) is 19.5 Å². The van der Waals surface area contributed by atoms with Crippen LogP contribution in [-0.2, 0) is 0 Å². The van der Waals surface area contributed by atoms with E-state index < -0.39 is 0 Å². The molecule has 48 valence electrons. The van der Waals surface area contributed by atoms with Crippen molar-refractivity contribution in [1.29, 1.82) is 0 Å². The molecule has 2 heteroatoms. The molecule has 0 bridgehead atoms. The zero-order chi connectivity index (χ0) is 6.41. The van der Waals surface area contributed by atoms with E-state index in [0.717, 1.165) is 13.0 Å². The van der Waals surface area contributed by atoms with Gasteiger partial charge in [0.25, 0.3) is 0 Å². The first kappa shape index (κ1) is 7.66. The molecule has 2 nitrogen and oxygen atoms in total. The van der Waals surface area contributed by atoms with E-state index in [0.29, 0.717) is 0 Å². The second-order valence-electron chi connectivity index (χ2n) is 1.72. The summed E-state index contributed by atoms with van der Waals surface area (Å²) in [5.41, 5.74) is 5.43. The minimum Gasteiger partial charge on any atom is -0.313 e. The first-order chi connectivity index (χ1) is 3.81. The summed E-state index contributed by atoms with van der Waals surface area (Å²) in [6.07, 6.45) is 2.77. The largest absolute Gasteiger partial charge is 0.313 e. The fourth-order valence-electron chi connectivity index (χ4n) is 0.394. The van der Waals surface area contributed by atoms with Gasteiger partial charge in [-0.3, -0.25) is 5.32 Å². The molecule has 0 aliphatic heterocycles. The molecule has 0 spiro atoms. The normalized spacial score (nSPS) is 13.2. The summed E-state index contributed by atoms with van der Waals surface area (Å²) < 4.78 is 0. The van der Waals surface area contributed by atoms with Gasteiger partial charge in [0.2, 0.25) is 0 Å². The second-order valence-corrected chi connectivity index (χ2v) is 1.72. The minimum atomic E-state index is -0.0325. The Morgan fingerprint density at radius 2 is 2.50 bits per heavy atom. The van der Waals surface area contributed by atoms with Crippen molar-refractivity contribution in [3.05, 3.63) is 12.7 Å². The molecule has 0 aromatic heterocycles.